The molecule has 0 saturated heterocycles. The summed E-state index contributed by atoms with van der Waals surface area (Å²) < 4.78 is 0. The van der Waals surface area contributed by atoms with E-state index >= 15 is 0 Å². The molecular weight excluding hydrogens is 402 g/mol. The average molecular weight is 422 g/mol. The van der Waals surface area contributed by atoms with Crippen molar-refractivity contribution in [2.24, 2.45) is 0 Å². The van der Waals surface area contributed by atoms with Crippen LogP contribution in [0.2, 0.25) is 5.02 Å². The second kappa shape index (κ2) is 9.60. The Morgan fingerprint density at radius 3 is 2.62 bits per heavy atom. The molecule has 2 aromatic carbocycles. The van der Waals surface area contributed by atoms with Gasteiger partial charge in [0, 0.05) is 28.4 Å². The average Bonchev–Trinajstić information content (AvgIpc) is 2.71. The minimum atomic E-state index is -0.0569. The number of amides is 1. The number of halogens is 1. The summed E-state index contributed by atoms with van der Waals surface area (Å²) >= 11 is 7.36. The predicted octanol–water partition coefficient (Wildman–Crippen LogP) is 6.01. The van der Waals surface area contributed by atoms with E-state index in [1.54, 1.807) is 18.2 Å². The maximum atomic E-state index is 12.3. The first-order valence-corrected chi connectivity index (χ1v) is 10.5. The standard InChI is InChI=1S/C23H20ClN3OS/c1-15-3-4-16(2)21(13-15)26-22(28)11-12-29-23-18(14-25)7-10-20(27-23)17-5-8-19(24)9-6-17/h3-10,13H,11-12H2,1-2H3,(H,26,28). The van der Waals surface area contributed by atoms with Gasteiger partial charge in [-0.05, 0) is 55.3 Å². The Balaban J connectivity index is 1.65. The molecule has 29 heavy (non-hydrogen) atoms. The van der Waals surface area contributed by atoms with Gasteiger partial charge in [-0.3, -0.25) is 4.79 Å². The molecule has 0 aliphatic heterocycles. The van der Waals surface area contributed by atoms with E-state index in [2.05, 4.69) is 16.4 Å². The minimum absolute atomic E-state index is 0.0569. The Morgan fingerprint density at radius 2 is 1.90 bits per heavy atom. The lowest BCUT2D eigenvalue weighted by atomic mass is 10.1. The number of rotatable bonds is 6. The maximum absolute atomic E-state index is 12.3. The van der Waals surface area contributed by atoms with Gasteiger partial charge in [0.15, 0.2) is 0 Å². The topological polar surface area (TPSA) is 65.8 Å². The van der Waals surface area contributed by atoms with E-state index in [-0.39, 0.29) is 5.91 Å². The van der Waals surface area contributed by atoms with Crippen LogP contribution in [0.25, 0.3) is 11.3 Å². The monoisotopic (exact) mass is 421 g/mol. The van der Waals surface area contributed by atoms with Gasteiger partial charge < -0.3 is 5.32 Å². The molecule has 0 unspecified atom stereocenters. The minimum Gasteiger partial charge on any atom is -0.326 e. The lowest BCUT2D eigenvalue weighted by molar-refractivity contribution is -0.115. The van der Waals surface area contributed by atoms with Crippen molar-refractivity contribution in [1.29, 1.82) is 5.26 Å². The molecule has 0 atom stereocenters. The number of nitrogens with zero attached hydrogens (tertiary/aromatic N) is 2. The van der Waals surface area contributed by atoms with E-state index in [4.69, 9.17) is 11.6 Å². The third kappa shape index (κ3) is 5.60. The molecule has 0 aliphatic carbocycles. The Kier molecular flexibility index (Phi) is 6.92. The van der Waals surface area contributed by atoms with Crippen molar-refractivity contribution in [1.82, 2.24) is 4.98 Å². The van der Waals surface area contributed by atoms with Crippen molar-refractivity contribution in [3.05, 3.63) is 76.3 Å². The van der Waals surface area contributed by atoms with Crippen molar-refractivity contribution >= 4 is 35.0 Å². The molecular formula is C23H20ClN3OS. The number of pyridine rings is 1. The van der Waals surface area contributed by atoms with Crippen molar-refractivity contribution < 1.29 is 4.79 Å². The molecule has 0 aliphatic rings. The van der Waals surface area contributed by atoms with Crippen LogP contribution in [0, 0.1) is 25.2 Å². The van der Waals surface area contributed by atoms with Gasteiger partial charge in [-0.2, -0.15) is 5.26 Å². The summed E-state index contributed by atoms with van der Waals surface area (Å²) in [6, 6.07) is 19.1. The van der Waals surface area contributed by atoms with Gasteiger partial charge >= 0.3 is 0 Å². The highest BCUT2D eigenvalue weighted by molar-refractivity contribution is 7.99. The predicted molar refractivity (Wildman–Crippen MR) is 119 cm³/mol. The van der Waals surface area contributed by atoms with Gasteiger partial charge in [0.1, 0.15) is 11.1 Å². The maximum Gasteiger partial charge on any atom is 0.225 e. The fraction of sp³-hybridized carbons (Fsp3) is 0.174. The molecule has 1 aromatic heterocycles. The molecule has 1 heterocycles. The van der Waals surface area contributed by atoms with Crippen LogP contribution in [0.3, 0.4) is 0 Å². The SMILES string of the molecule is Cc1ccc(C)c(NC(=O)CCSc2nc(-c3ccc(Cl)cc3)ccc2C#N)c1. The zero-order chi connectivity index (χ0) is 20.8. The molecule has 3 rings (SSSR count). The summed E-state index contributed by atoms with van der Waals surface area (Å²) in [5, 5.41) is 13.6. The zero-order valence-electron chi connectivity index (χ0n) is 16.2. The molecule has 1 N–H and O–H groups in total. The van der Waals surface area contributed by atoms with E-state index < -0.39 is 0 Å². The van der Waals surface area contributed by atoms with Gasteiger partial charge in [-0.25, -0.2) is 4.98 Å². The van der Waals surface area contributed by atoms with Crippen molar-refractivity contribution in [2.75, 3.05) is 11.1 Å². The quantitative estimate of drug-likeness (QED) is 0.495. The van der Waals surface area contributed by atoms with Crippen LogP contribution in [0.4, 0.5) is 5.69 Å². The van der Waals surface area contributed by atoms with Gasteiger partial charge in [0.05, 0.1) is 11.3 Å². The lowest BCUT2D eigenvalue weighted by Gasteiger charge is -2.10. The van der Waals surface area contributed by atoms with E-state index in [0.717, 1.165) is 28.1 Å². The molecule has 3 aromatic rings. The Hall–Kier alpha value is -2.81. The number of hydrogen-bond acceptors (Lipinski definition) is 4. The van der Waals surface area contributed by atoms with E-state index in [1.807, 2.05) is 50.2 Å². The number of nitrogens with one attached hydrogen (secondary N) is 1. The molecule has 0 saturated carbocycles. The first kappa shape index (κ1) is 20.9. The summed E-state index contributed by atoms with van der Waals surface area (Å²) in [7, 11) is 0. The van der Waals surface area contributed by atoms with Crippen LogP contribution >= 0.6 is 23.4 Å². The number of benzene rings is 2. The number of aromatic nitrogens is 1. The number of aryl methyl sites for hydroxylation is 2. The van der Waals surface area contributed by atoms with Crippen molar-refractivity contribution in [3.8, 4) is 17.3 Å². The third-order valence-corrected chi connectivity index (χ3v) is 5.60. The van der Waals surface area contributed by atoms with E-state index in [1.165, 1.54) is 11.8 Å². The molecule has 4 nitrogen and oxygen atoms in total. The van der Waals surface area contributed by atoms with E-state index in [9.17, 15) is 10.1 Å². The lowest BCUT2D eigenvalue weighted by Crippen LogP contribution is -2.13. The second-order valence-corrected chi connectivity index (χ2v) is 8.15. The first-order valence-electron chi connectivity index (χ1n) is 9.13. The number of anilines is 1. The summed E-state index contributed by atoms with van der Waals surface area (Å²) in [6.07, 6.45) is 0.329. The van der Waals surface area contributed by atoms with Gasteiger partial charge in [0.25, 0.3) is 0 Å². The van der Waals surface area contributed by atoms with Crippen LogP contribution in [-0.4, -0.2) is 16.6 Å². The molecule has 0 radical (unpaired) electrons. The molecule has 0 fully saturated rings. The van der Waals surface area contributed by atoms with Crippen LogP contribution in [-0.2, 0) is 4.79 Å². The van der Waals surface area contributed by atoms with Crippen molar-refractivity contribution in [3.63, 3.8) is 0 Å². The molecule has 6 heteroatoms. The Bertz CT molecular complexity index is 1070. The highest BCUT2D eigenvalue weighted by atomic mass is 35.5. The summed E-state index contributed by atoms with van der Waals surface area (Å²) in [5.74, 6) is 0.473. The van der Waals surface area contributed by atoms with Gasteiger partial charge in [0.2, 0.25) is 5.91 Å². The second-order valence-electron chi connectivity index (χ2n) is 6.63. The highest BCUT2D eigenvalue weighted by Crippen LogP contribution is 2.27. The molecule has 146 valence electrons. The molecule has 1 amide bonds. The molecule has 0 spiro atoms. The summed E-state index contributed by atoms with van der Waals surface area (Å²) in [5.41, 5.74) is 5.16. The number of carbonyl (C=O) groups excluding carboxylic acids is 1. The highest BCUT2D eigenvalue weighted by Gasteiger charge is 2.10. The van der Waals surface area contributed by atoms with Crippen LogP contribution in [0.5, 0.6) is 0 Å². The van der Waals surface area contributed by atoms with Crippen molar-refractivity contribution in [2.45, 2.75) is 25.3 Å². The Morgan fingerprint density at radius 1 is 1.14 bits per heavy atom. The van der Waals surface area contributed by atoms with Crippen LogP contribution < -0.4 is 5.32 Å². The van der Waals surface area contributed by atoms with E-state index in [0.29, 0.717) is 27.8 Å². The van der Waals surface area contributed by atoms with Crippen LogP contribution in [0.15, 0.2) is 59.6 Å². The fourth-order valence-electron chi connectivity index (χ4n) is 2.74. The number of carbonyl (C=O) groups is 1. The van der Waals surface area contributed by atoms with Gasteiger partial charge in [-0.15, -0.1) is 11.8 Å². The fourth-order valence-corrected chi connectivity index (χ4v) is 3.78. The zero-order valence-corrected chi connectivity index (χ0v) is 17.8. The van der Waals surface area contributed by atoms with Crippen LogP contribution in [0.1, 0.15) is 23.1 Å². The number of nitriles is 1. The molecule has 0 bridgehead atoms. The number of hydrogen-bond donors (Lipinski definition) is 1. The number of thioether (sulfide) groups is 1. The van der Waals surface area contributed by atoms with Gasteiger partial charge in [-0.1, -0.05) is 35.9 Å². The summed E-state index contributed by atoms with van der Waals surface area (Å²) in [6.45, 7) is 3.96. The summed E-state index contributed by atoms with van der Waals surface area (Å²) in [4.78, 5) is 16.9. The Labute approximate surface area is 179 Å². The normalized spacial score (nSPS) is 10.4. The first-order chi connectivity index (χ1) is 14.0. The third-order valence-electron chi connectivity index (χ3n) is 4.36. The largest absolute Gasteiger partial charge is 0.326 e. The smallest absolute Gasteiger partial charge is 0.225 e.